The van der Waals surface area contributed by atoms with Crippen molar-refractivity contribution in [3.8, 4) is 5.75 Å². The van der Waals surface area contributed by atoms with Gasteiger partial charge in [0.1, 0.15) is 11.6 Å². The van der Waals surface area contributed by atoms with E-state index in [9.17, 15) is 13.2 Å². The number of carbonyl (C=O) groups excluding carboxylic acids is 1. The molecule has 1 fully saturated rings. The van der Waals surface area contributed by atoms with Gasteiger partial charge in [-0.3, -0.25) is 9.52 Å². The molecule has 6 nitrogen and oxygen atoms in total. The molecule has 92 valence electrons. The van der Waals surface area contributed by atoms with Gasteiger partial charge in [-0.1, -0.05) is 0 Å². The minimum atomic E-state index is -3.39. The molecule has 0 amide bonds. The molecule has 0 spiro atoms. The molecule has 1 heterocycles. The number of anilines is 1. The van der Waals surface area contributed by atoms with Crippen molar-refractivity contribution < 1.29 is 17.9 Å². The zero-order valence-electron chi connectivity index (χ0n) is 9.21. The summed E-state index contributed by atoms with van der Waals surface area (Å²) in [5.74, 6) is 0.499. The Hall–Kier alpha value is -1.63. The van der Waals surface area contributed by atoms with E-state index in [0.29, 0.717) is 12.0 Å². The highest BCUT2D eigenvalue weighted by atomic mass is 32.2. The van der Waals surface area contributed by atoms with Gasteiger partial charge in [-0.15, -0.1) is 0 Å². The number of sulfonamides is 1. The van der Waals surface area contributed by atoms with E-state index in [0.717, 1.165) is 19.1 Å². The van der Waals surface area contributed by atoms with Crippen molar-refractivity contribution in [2.45, 2.75) is 18.9 Å². The van der Waals surface area contributed by atoms with E-state index < -0.39 is 10.0 Å². The lowest BCUT2D eigenvalue weighted by Crippen LogP contribution is -2.11. The summed E-state index contributed by atoms with van der Waals surface area (Å²) < 4.78 is 29.7. The Balaban J connectivity index is 2.23. The minimum Gasteiger partial charge on any atom is -0.488 e. The Morgan fingerprint density at radius 2 is 2.24 bits per heavy atom. The maximum absolute atomic E-state index is 11.0. The van der Waals surface area contributed by atoms with Crippen molar-refractivity contribution in [3.05, 3.63) is 17.8 Å². The summed E-state index contributed by atoms with van der Waals surface area (Å²) in [5, 5.41) is 0. The first-order chi connectivity index (χ1) is 7.98. The van der Waals surface area contributed by atoms with Gasteiger partial charge < -0.3 is 4.74 Å². The standard InChI is InChI=1S/C10H12N2O4S/c1-17(14,15)12-10-4-7(6-13)9(5-11-10)16-8-2-3-8/h4-6,8H,2-3H2,1H3,(H,11,12). The van der Waals surface area contributed by atoms with Gasteiger partial charge in [0.25, 0.3) is 0 Å². The highest BCUT2D eigenvalue weighted by Crippen LogP contribution is 2.28. The van der Waals surface area contributed by atoms with Crippen LogP contribution in [0.1, 0.15) is 23.2 Å². The van der Waals surface area contributed by atoms with E-state index in [2.05, 4.69) is 9.71 Å². The Morgan fingerprint density at radius 3 is 2.76 bits per heavy atom. The second kappa shape index (κ2) is 4.33. The molecule has 1 aromatic heterocycles. The first-order valence-electron chi connectivity index (χ1n) is 5.07. The third kappa shape index (κ3) is 3.42. The highest BCUT2D eigenvalue weighted by molar-refractivity contribution is 7.92. The van der Waals surface area contributed by atoms with Crippen LogP contribution < -0.4 is 9.46 Å². The average molecular weight is 256 g/mol. The third-order valence-corrected chi connectivity index (χ3v) is 2.71. The minimum absolute atomic E-state index is 0.109. The lowest BCUT2D eigenvalue weighted by Gasteiger charge is -2.08. The predicted octanol–water partition coefficient (Wildman–Crippen LogP) is 0.807. The maximum Gasteiger partial charge on any atom is 0.230 e. The molecule has 0 bridgehead atoms. The summed E-state index contributed by atoms with van der Waals surface area (Å²) in [6, 6.07) is 1.35. The van der Waals surface area contributed by atoms with Gasteiger partial charge in [0.2, 0.25) is 10.0 Å². The summed E-state index contributed by atoms with van der Waals surface area (Å²) >= 11 is 0. The number of ether oxygens (including phenoxy) is 1. The zero-order valence-corrected chi connectivity index (χ0v) is 10.0. The van der Waals surface area contributed by atoms with Crippen LogP contribution in [0.25, 0.3) is 0 Å². The summed E-state index contributed by atoms with van der Waals surface area (Å²) in [7, 11) is -3.39. The van der Waals surface area contributed by atoms with Crippen molar-refractivity contribution in [2.24, 2.45) is 0 Å². The second-order valence-electron chi connectivity index (χ2n) is 3.92. The maximum atomic E-state index is 11.0. The van der Waals surface area contributed by atoms with Crippen LogP contribution in [0.2, 0.25) is 0 Å². The first kappa shape index (κ1) is 11.8. The van der Waals surface area contributed by atoms with Gasteiger partial charge in [0.15, 0.2) is 6.29 Å². The molecular weight excluding hydrogens is 244 g/mol. The Bertz CT molecular complexity index is 537. The lowest BCUT2D eigenvalue weighted by molar-refractivity contribution is 0.111. The molecule has 1 aliphatic carbocycles. The van der Waals surface area contributed by atoms with Gasteiger partial charge in [-0.2, -0.15) is 0 Å². The number of aldehydes is 1. The molecule has 7 heteroatoms. The molecule has 1 N–H and O–H groups in total. The van der Waals surface area contributed by atoms with Gasteiger partial charge in [-0.05, 0) is 18.9 Å². The van der Waals surface area contributed by atoms with Crippen LogP contribution in [0.15, 0.2) is 12.3 Å². The van der Waals surface area contributed by atoms with E-state index >= 15 is 0 Å². The van der Waals surface area contributed by atoms with Crippen molar-refractivity contribution in [1.29, 1.82) is 0 Å². The number of hydrogen-bond acceptors (Lipinski definition) is 5. The van der Waals surface area contributed by atoms with Crippen molar-refractivity contribution in [1.82, 2.24) is 4.98 Å². The molecule has 0 aromatic carbocycles. The smallest absolute Gasteiger partial charge is 0.230 e. The van der Waals surface area contributed by atoms with Crippen LogP contribution >= 0.6 is 0 Å². The van der Waals surface area contributed by atoms with E-state index in [1.165, 1.54) is 12.3 Å². The quantitative estimate of drug-likeness (QED) is 0.788. The van der Waals surface area contributed by atoms with E-state index in [4.69, 9.17) is 4.74 Å². The molecule has 1 aliphatic rings. The first-order valence-corrected chi connectivity index (χ1v) is 6.97. The summed E-state index contributed by atoms with van der Waals surface area (Å²) in [6.07, 6.45) is 5.10. The number of rotatable bonds is 5. The number of nitrogens with one attached hydrogen (secondary N) is 1. The third-order valence-electron chi connectivity index (χ3n) is 2.13. The molecule has 1 aromatic rings. The van der Waals surface area contributed by atoms with Gasteiger partial charge in [0.05, 0.1) is 24.1 Å². The summed E-state index contributed by atoms with van der Waals surface area (Å²) in [4.78, 5) is 14.7. The predicted molar refractivity (Wildman–Crippen MR) is 61.7 cm³/mol. The highest BCUT2D eigenvalue weighted by Gasteiger charge is 2.24. The van der Waals surface area contributed by atoms with Gasteiger partial charge >= 0.3 is 0 Å². The van der Waals surface area contributed by atoms with Crippen LogP contribution in [-0.4, -0.2) is 32.0 Å². The molecule has 2 rings (SSSR count). The van der Waals surface area contributed by atoms with Crippen LogP contribution in [0.3, 0.4) is 0 Å². The number of hydrogen-bond donors (Lipinski definition) is 1. The van der Waals surface area contributed by atoms with E-state index in [1.807, 2.05) is 0 Å². The Kier molecular flexibility index (Phi) is 3.01. The zero-order chi connectivity index (χ0) is 12.5. The molecule has 0 unspecified atom stereocenters. The fraction of sp³-hybridized carbons (Fsp3) is 0.400. The van der Waals surface area contributed by atoms with Gasteiger partial charge in [-0.25, -0.2) is 13.4 Å². The van der Waals surface area contributed by atoms with Crippen LogP contribution in [0.5, 0.6) is 5.75 Å². The number of pyridine rings is 1. The molecule has 17 heavy (non-hydrogen) atoms. The SMILES string of the molecule is CS(=O)(=O)Nc1cc(C=O)c(OC2CC2)cn1. The lowest BCUT2D eigenvalue weighted by atomic mass is 10.2. The largest absolute Gasteiger partial charge is 0.488 e. The van der Waals surface area contributed by atoms with Crippen LogP contribution in [0, 0.1) is 0 Å². The topological polar surface area (TPSA) is 85.4 Å². The summed E-state index contributed by atoms with van der Waals surface area (Å²) in [6.45, 7) is 0. The Labute approximate surface area is 99.1 Å². The molecule has 0 atom stereocenters. The second-order valence-corrected chi connectivity index (χ2v) is 5.67. The van der Waals surface area contributed by atoms with Crippen molar-refractivity contribution >= 4 is 22.1 Å². The van der Waals surface area contributed by atoms with E-state index in [1.54, 1.807) is 0 Å². The average Bonchev–Trinajstić information content (AvgIpc) is 3.02. The fourth-order valence-electron chi connectivity index (χ4n) is 1.26. The van der Waals surface area contributed by atoms with E-state index in [-0.39, 0.29) is 17.5 Å². The molecule has 1 saturated carbocycles. The molecule has 0 aliphatic heterocycles. The molecule has 0 radical (unpaired) electrons. The van der Waals surface area contributed by atoms with Gasteiger partial charge in [0, 0.05) is 0 Å². The molecular formula is C10H12N2O4S. The number of carbonyl (C=O) groups is 1. The number of aromatic nitrogens is 1. The monoisotopic (exact) mass is 256 g/mol. The van der Waals surface area contributed by atoms with Crippen molar-refractivity contribution in [3.63, 3.8) is 0 Å². The summed E-state index contributed by atoms with van der Waals surface area (Å²) in [5.41, 5.74) is 0.290. The molecule has 0 saturated heterocycles. The fourth-order valence-corrected chi connectivity index (χ4v) is 1.75. The van der Waals surface area contributed by atoms with Crippen LogP contribution in [0.4, 0.5) is 5.82 Å². The Morgan fingerprint density at radius 1 is 1.53 bits per heavy atom. The van der Waals surface area contributed by atoms with Crippen molar-refractivity contribution in [2.75, 3.05) is 11.0 Å². The number of nitrogens with zero attached hydrogens (tertiary/aromatic N) is 1. The normalized spacial score (nSPS) is 15.4. The van der Waals surface area contributed by atoms with Crippen LogP contribution in [-0.2, 0) is 10.0 Å².